The van der Waals surface area contributed by atoms with Gasteiger partial charge < -0.3 is 39.0 Å². The molecule has 2 fully saturated rings. The number of hydrogen-bond donors (Lipinski definition) is 3. The van der Waals surface area contributed by atoms with Crippen molar-refractivity contribution in [1.82, 2.24) is 9.88 Å². The van der Waals surface area contributed by atoms with E-state index in [0.29, 0.717) is 54.6 Å². The Balaban J connectivity index is 1.21. The Bertz CT molecular complexity index is 1960. The highest BCUT2D eigenvalue weighted by molar-refractivity contribution is 5.92. The number of likely N-dealkylation sites (tertiary alicyclic amines) is 1. The lowest BCUT2D eigenvalue weighted by atomic mass is 9.87. The number of aliphatic hydroxyl groups is 3. The number of methoxy groups -OCH3 is 1. The molecule has 0 amide bonds. The van der Waals surface area contributed by atoms with Gasteiger partial charge in [-0.3, -0.25) is 14.3 Å². The van der Waals surface area contributed by atoms with Gasteiger partial charge >= 0.3 is 12.1 Å². The number of nitrogens with zero attached hydrogens (tertiary/aromatic N) is 2. The van der Waals surface area contributed by atoms with Crippen molar-refractivity contribution in [3.05, 3.63) is 83.3 Å². The van der Waals surface area contributed by atoms with E-state index in [4.69, 9.17) is 18.9 Å². The first kappa shape index (κ1) is 35.8. The topological polar surface area (TPSA) is 140 Å². The lowest BCUT2D eigenvalue weighted by molar-refractivity contribution is -0.271. The Morgan fingerprint density at radius 2 is 1.73 bits per heavy atom. The van der Waals surface area contributed by atoms with Gasteiger partial charge in [-0.05, 0) is 42.0 Å². The average molecular weight is 733 g/mol. The zero-order chi connectivity index (χ0) is 36.9. The largest absolute Gasteiger partial charge is 0.492 e. The number of carbonyl (C=O) groups excluding carboxylic acids is 1. The highest BCUT2D eigenvalue weighted by atomic mass is 19.4. The van der Waals surface area contributed by atoms with E-state index in [-0.39, 0.29) is 40.7 Å². The molecular formula is C36H33F5N2O9. The molecule has 52 heavy (non-hydrogen) atoms. The number of aliphatic hydroxyl groups excluding tert-OH is 3. The summed E-state index contributed by atoms with van der Waals surface area (Å²) in [6.45, 7) is 1.97. The summed E-state index contributed by atoms with van der Waals surface area (Å²) in [6.07, 6.45) is -13.2. The van der Waals surface area contributed by atoms with E-state index in [1.54, 1.807) is 30.3 Å². The summed E-state index contributed by atoms with van der Waals surface area (Å²) >= 11 is 0. The lowest BCUT2D eigenvalue weighted by Gasteiger charge is -2.38. The zero-order valence-corrected chi connectivity index (χ0v) is 27.4. The fourth-order valence-corrected chi connectivity index (χ4v) is 6.65. The summed E-state index contributed by atoms with van der Waals surface area (Å²) in [4.78, 5) is 18.6. The van der Waals surface area contributed by atoms with Gasteiger partial charge in [-0.2, -0.15) is 13.2 Å². The number of rotatable bonds is 9. The van der Waals surface area contributed by atoms with E-state index < -0.39 is 60.3 Å². The molecule has 0 radical (unpaired) electrons. The minimum atomic E-state index is -4.84. The summed E-state index contributed by atoms with van der Waals surface area (Å²) in [5.74, 6) is -1.84. The van der Waals surface area contributed by atoms with Crippen LogP contribution in [0.4, 0.5) is 22.0 Å². The van der Waals surface area contributed by atoms with Crippen LogP contribution in [0.15, 0.2) is 60.8 Å². The summed E-state index contributed by atoms with van der Waals surface area (Å²) in [6, 6.07) is 12.3. The standard InChI is InChI=1S/C36H33F5N2O9/c1-48-34(47)33-30(45)29(44)31(46)35(52-33)50-21-6-7-22-25(12-21)42-14-23-27(22)32(51-26-11-19(36(39,40)41)10-24(38)28(23)26)18-2-4-20(5-3-18)49-9-8-43-15-17(13-37)16-43/h2-7,10-12,14,17,29-33,35,44-46H,8-9,13,15-16H2,1H3/t29-,30-,31+,32+,33-,35+/m0/s1. The molecule has 3 aliphatic heterocycles. The third kappa shape index (κ3) is 6.72. The molecule has 276 valence electrons. The Morgan fingerprint density at radius 1 is 1.00 bits per heavy atom. The van der Waals surface area contributed by atoms with Gasteiger partial charge in [-0.15, -0.1) is 0 Å². The van der Waals surface area contributed by atoms with Crippen molar-refractivity contribution in [1.29, 1.82) is 0 Å². The number of pyridine rings is 1. The average Bonchev–Trinajstić information content (AvgIpc) is 3.11. The van der Waals surface area contributed by atoms with Gasteiger partial charge in [0.15, 0.2) is 12.2 Å². The van der Waals surface area contributed by atoms with Crippen LogP contribution in [0, 0.1) is 11.7 Å². The second-order valence-electron chi connectivity index (χ2n) is 12.8. The van der Waals surface area contributed by atoms with Gasteiger partial charge in [0.1, 0.15) is 48.0 Å². The van der Waals surface area contributed by atoms with Gasteiger partial charge in [0.05, 0.1) is 30.4 Å². The molecule has 4 heterocycles. The number of carbonyl (C=O) groups is 1. The van der Waals surface area contributed by atoms with Gasteiger partial charge in [-0.1, -0.05) is 12.1 Å². The van der Waals surface area contributed by atoms with Crippen LogP contribution < -0.4 is 14.2 Å². The summed E-state index contributed by atoms with van der Waals surface area (Å²) in [7, 11) is 1.06. The molecule has 3 N–H and O–H groups in total. The van der Waals surface area contributed by atoms with Gasteiger partial charge in [0.2, 0.25) is 6.29 Å². The van der Waals surface area contributed by atoms with Crippen molar-refractivity contribution >= 4 is 16.9 Å². The zero-order valence-electron chi connectivity index (χ0n) is 27.4. The van der Waals surface area contributed by atoms with E-state index in [9.17, 15) is 37.7 Å². The second kappa shape index (κ2) is 14.1. The molecule has 0 bridgehead atoms. The van der Waals surface area contributed by atoms with Crippen LogP contribution in [-0.2, 0) is 20.4 Å². The van der Waals surface area contributed by atoms with Crippen LogP contribution in [0.3, 0.4) is 0 Å². The van der Waals surface area contributed by atoms with Crippen LogP contribution in [-0.4, -0.2) is 102 Å². The quantitative estimate of drug-likeness (QED) is 0.169. The predicted molar refractivity (Wildman–Crippen MR) is 172 cm³/mol. The monoisotopic (exact) mass is 732 g/mol. The molecule has 3 aromatic carbocycles. The number of fused-ring (bicyclic) bond motifs is 5. The molecule has 2 saturated heterocycles. The smallest absolute Gasteiger partial charge is 0.416 e. The van der Waals surface area contributed by atoms with E-state index in [2.05, 4.69) is 14.6 Å². The van der Waals surface area contributed by atoms with E-state index in [1.807, 2.05) is 0 Å². The molecule has 16 heteroatoms. The Labute approximate surface area is 293 Å². The van der Waals surface area contributed by atoms with Crippen LogP contribution in [0.5, 0.6) is 17.2 Å². The number of ether oxygens (including phenoxy) is 5. The van der Waals surface area contributed by atoms with Crippen molar-refractivity contribution in [3.63, 3.8) is 0 Å². The number of aromatic nitrogens is 1. The van der Waals surface area contributed by atoms with Crippen molar-refractivity contribution in [3.8, 4) is 28.4 Å². The van der Waals surface area contributed by atoms with Crippen molar-refractivity contribution in [2.24, 2.45) is 5.92 Å². The number of hydrogen-bond acceptors (Lipinski definition) is 11. The highest BCUT2D eigenvalue weighted by Crippen LogP contribution is 2.50. The molecule has 4 aromatic rings. The number of alkyl halides is 4. The molecular weight excluding hydrogens is 699 g/mol. The number of esters is 1. The van der Waals surface area contributed by atoms with Crippen LogP contribution in [0.25, 0.3) is 22.0 Å². The molecule has 6 atom stereocenters. The molecule has 0 aliphatic carbocycles. The van der Waals surface area contributed by atoms with E-state index >= 15 is 4.39 Å². The molecule has 0 spiro atoms. The van der Waals surface area contributed by atoms with Gasteiger partial charge in [-0.25, -0.2) is 9.18 Å². The minimum absolute atomic E-state index is 0.0532. The minimum Gasteiger partial charge on any atom is -0.492 e. The van der Waals surface area contributed by atoms with Crippen molar-refractivity contribution in [2.75, 3.05) is 40.0 Å². The first-order valence-electron chi connectivity index (χ1n) is 16.3. The summed E-state index contributed by atoms with van der Waals surface area (Å²) in [5.41, 5.74) is -0.0333. The maximum absolute atomic E-state index is 15.5. The molecule has 11 nitrogen and oxygen atoms in total. The number of halogens is 5. The molecule has 1 aromatic heterocycles. The SMILES string of the molecule is COC(=O)[C@H]1O[C@@H](Oc2ccc3c4c(cnc3c2)-c2c(F)cc(C(F)(F)F)cc2O[C@@H]4c2ccc(OCCN3CC(CF)C3)cc2)[C@H](O)[C@@H](O)[C@@H]1O. The lowest BCUT2D eigenvalue weighted by Crippen LogP contribution is -2.61. The van der Waals surface area contributed by atoms with Gasteiger partial charge in [0.25, 0.3) is 0 Å². The fraction of sp³-hybridized carbons (Fsp3) is 0.389. The maximum Gasteiger partial charge on any atom is 0.416 e. The third-order valence-corrected chi connectivity index (χ3v) is 9.41. The second-order valence-corrected chi connectivity index (χ2v) is 12.8. The van der Waals surface area contributed by atoms with Crippen molar-refractivity contribution in [2.45, 2.75) is 43.0 Å². The first-order valence-corrected chi connectivity index (χ1v) is 16.3. The fourth-order valence-electron chi connectivity index (χ4n) is 6.65. The number of benzene rings is 3. The Kier molecular flexibility index (Phi) is 9.69. The molecule has 7 rings (SSSR count). The van der Waals surface area contributed by atoms with Crippen molar-refractivity contribution < 1.29 is 65.8 Å². The van der Waals surface area contributed by atoms with Crippen LogP contribution >= 0.6 is 0 Å². The molecule has 0 unspecified atom stereocenters. The normalized spacial score (nSPS) is 24.7. The van der Waals surface area contributed by atoms with Crippen LogP contribution in [0.1, 0.15) is 22.8 Å². The summed E-state index contributed by atoms with van der Waals surface area (Å²) in [5, 5.41) is 31.5. The van der Waals surface area contributed by atoms with E-state index in [1.165, 1.54) is 18.3 Å². The van der Waals surface area contributed by atoms with E-state index in [0.717, 1.165) is 13.2 Å². The summed E-state index contributed by atoms with van der Waals surface area (Å²) < 4.78 is 97.2. The molecule has 3 aliphatic rings. The first-order chi connectivity index (χ1) is 24.9. The Hall–Kier alpha value is -4.61. The van der Waals surface area contributed by atoms with Crippen LogP contribution in [0.2, 0.25) is 0 Å². The third-order valence-electron chi connectivity index (χ3n) is 9.41. The molecule has 0 saturated carbocycles. The predicted octanol–water partition coefficient (Wildman–Crippen LogP) is 4.18. The maximum atomic E-state index is 15.5. The Morgan fingerprint density at radius 3 is 2.42 bits per heavy atom. The van der Waals surface area contributed by atoms with Gasteiger partial charge in [0, 0.05) is 54.3 Å². The highest BCUT2D eigenvalue weighted by Gasteiger charge is 2.48.